The van der Waals surface area contributed by atoms with Gasteiger partial charge in [0, 0.05) is 38.2 Å². The average Bonchev–Trinajstić information content (AvgIpc) is 3.09. The van der Waals surface area contributed by atoms with E-state index in [1.54, 1.807) is 17.0 Å². The molecule has 0 bridgehead atoms. The van der Waals surface area contributed by atoms with Gasteiger partial charge >= 0.3 is 0 Å². The first-order chi connectivity index (χ1) is 11.5. The van der Waals surface area contributed by atoms with Crippen LogP contribution in [0.1, 0.15) is 48.4 Å². The molecular formula is C18H23N3O3. The van der Waals surface area contributed by atoms with Crippen LogP contribution >= 0.6 is 0 Å². The molecule has 4 rings (SSSR count). The minimum absolute atomic E-state index is 0.121. The second-order valence-corrected chi connectivity index (χ2v) is 7.42. The van der Waals surface area contributed by atoms with Crippen LogP contribution in [0.2, 0.25) is 0 Å². The lowest BCUT2D eigenvalue weighted by atomic mass is 9.78. The van der Waals surface area contributed by atoms with Crippen LogP contribution < -0.4 is 0 Å². The largest absolute Gasteiger partial charge is 0.360 e. The highest BCUT2D eigenvalue weighted by Gasteiger charge is 2.55. The number of nitrogens with zero attached hydrogens (tertiary/aromatic N) is 3. The summed E-state index contributed by atoms with van der Waals surface area (Å²) in [6, 6.07) is 1.77. The third-order valence-electron chi connectivity index (χ3n) is 5.82. The van der Waals surface area contributed by atoms with E-state index < -0.39 is 5.41 Å². The van der Waals surface area contributed by atoms with Crippen LogP contribution in [0.5, 0.6) is 0 Å². The maximum atomic E-state index is 12.8. The lowest BCUT2D eigenvalue weighted by molar-refractivity contribution is -0.136. The second-order valence-electron chi connectivity index (χ2n) is 7.42. The van der Waals surface area contributed by atoms with E-state index in [-0.39, 0.29) is 17.7 Å². The van der Waals surface area contributed by atoms with Crippen molar-refractivity contribution in [2.75, 3.05) is 26.2 Å². The van der Waals surface area contributed by atoms with Gasteiger partial charge in [0.1, 0.15) is 5.76 Å². The zero-order valence-corrected chi connectivity index (χ0v) is 14.0. The number of carbonyl (C=O) groups excluding carboxylic acids is 2. The summed E-state index contributed by atoms with van der Waals surface area (Å²) < 4.78 is 5.30. The highest BCUT2D eigenvalue weighted by atomic mass is 16.5. The monoisotopic (exact) mass is 329 g/mol. The van der Waals surface area contributed by atoms with Gasteiger partial charge in [-0.15, -0.1) is 6.58 Å². The molecule has 0 aromatic carbocycles. The van der Waals surface area contributed by atoms with Crippen molar-refractivity contribution >= 4 is 11.8 Å². The number of likely N-dealkylation sites (tertiary alicyclic amines) is 2. The molecule has 2 saturated heterocycles. The minimum atomic E-state index is -0.443. The van der Waals surface area contributed by atoms with Crippen molar-refractivity contribution in [2.24, 2.45) is 11.3 Å². The third-order valence-corrected chi connectivity index (χ3v) is 5.82. The van der Waals surface area contributed by atoms with Crippen LogP contribution in [0.25, 0.3) is 0 Å². The van der Waals surface area contributed by atoms with Crippen LogP contribution in [0, 0.1) is 11.3 Å². The number of rotatable bonds is 4. The molecule has 1 saturated carbocycles. The van der Waals surface area contributed by atoms with Crippen molar-refractivity contribution in [1.29, 1.82) is 0 Å². The molecule has 2 atom stereocenters. The Labute approximate surface area is 141 Å². The van der Waals surface area contributed by atoms with E-state index in [0.29, 0.717) is 31.2 Å². The first-order valence-electron chi connectivity index (χ1n) is 8.71. The highest BCUT2D eigenvalue weighted by molar-refractivity contribution is 5.94. The number of hydrogen-bond acceptors (Lipinski definition) is 4. The van der Waals surface area contributed by atoms with Gasteiger partial charge in [-0.1, -0.05) is 18.2 Å². The standard InChI is InChI=1S/C18H23N3O3/c1-3-7-20-8-6-18(17(20)23)11-21(10-12(18)2)16(22)14-9-15(24-19-14)13-4-5-13/h3,9,12-13H,1,4-8,10-11H2,2H3/t12-,18-/m1/s1. The van der Waals surface area contributed by atoms with Gasteiger partial charge in [-0.05, 0) is 25.2 Å². The molecule has 6 heteroatoms. The minimum Gasteiger partial charge on any atom is -0.360 e. The molecule has 1 aromatic rings. The van der Waals surface area contributed by atoms with Crippen molar-refractivity contribution in [3.63, 3.8) is 0 Å². The molecule has 3 heterocycles. The Morgan fingerprint density at radius 1 is 1.54 bits per heavy atom. The predicted molar refractivity (Wildman–Crippen MR) is 87.4 cm³/mol. The topological polar surface area (TPSA) is 66.7 Å². The molecule has 6 nitrogen and oxygen atoms in total. The number of carbonyl (C=O) groups is 2. The van der Waals surface area contributed by atoms with E-state index in [9.17, 15) is 9.59 Å². The van der Waals surface area contributed by atoms with E-state index in [1.807, 2.05) is 4.90 Å². The molecular weight excluding hydrogens is 306 g/mol. The summed E-state index contributed by atoms with van der Waals surface area (Å²) in [5, 5.41) is 3.95. The fourth-order valence-electron chi connectivity index (χ4n) is 4.13. The molecule has 3 fully saturated rings. The van der Waals surface area contributed by atoms with Crippen molar-refractivity contribution in [3.8, 4) is 0 Å². The molecule has 0 N–H and O–H groups in total. The maximum Gasteiger partial charge on any atom is 0.276 e. The van der Waals surface area contributed by atoms with Crippen LogP contribution in [0.15, 0.2) is 23.2 Å². The summed E-state index contributed by atoms with van der Waals surface area (Å²) >= 11 is 0. The van der Waals surface area contributed by atoms with Gasteiger partial charge in [-0.25, -0.2) is 0 Å². The summed E-state index contributed by atoms with van der Waals surface area (Å²) in [7, 11) is 0. The molecule has 0 radical (unpaired) electrons. The van der Waals surface area contributed by atoms with Gasteiger partial charge < -0.3 is 14.3 Å². The summed E-state index contributed by atoms with van der Waals surface area (Å²) in [5.74, 6) is 1.44. The van der Waals surface area contributed by atoms with Gasteiger partial charge in [0.2, 0.25) is 5.91 Å². The van der Waals surface area contributed by atoms with Crippen molar-refractivity contribution < 1.29 is 14.1 Å². The summed E-state index contributed by atoms with van der Waals surface area (Å²) in [6.07, 6.45) is 4.78. The zero-order valence-electron chi connectivity index (χ0n) is 14.0. The molecule has 2 amide bonds. The molecule has 1 spiro atoms. The van der Waals surface area contributed by atoms with E-state index in [0.717, 1.165) is 31.6 Å². The van der Waals surface area contributed by atoms with E-state index in [4.69, 9.17) is 4.52 Å². The molecule has 24 heavy (non-hydrogen) atoms. The number of amides is 2. The van der Waals surface area contributed by atoms with Crippen LogP contribution in [0.4, 0.5) is 0 Å². The molecule has 1 aromatic heterocycles. The fourth-order valence-corrected chi connectivity index (χ4v) is 4.13. The smallest absolute Gasteiger partial charge is 0.276 e. The van der Waals surface area contributed by atoms with Crippen molar-refractivity contribution in [1.82, 2.24) is 15.0 Å². The summed E-state index contributed by atoms with van der Waals surface area (Å²) in [6.45, 7) is 8.18. The zero-order chi connectivity index (χ0) is 16.9. The molecule has 128 valence electrons. The van der Waals surface area contributed by atoms with Crippen LogP contribution in [-0.2, 0) is 4.79 Å². The normalized spacial score (nSPS) is 29.7. The first kappa shape index (κ1) is 15.4. The number of aromatic nitrogens is 1. The fraction of sp³-hybridized carbons (Fsp3) is 0.611. The maximum absolute atomic E-state index is 12.8. The SMILES string of the molecule is C=CCN1CC[C@]2(CN(C(=O)c3cc(C4CC4)on3)C[C@H]2C)C1=O. The predicted octanol–water partition coefficient (Wildman–Crippen LogP) is 2.05. The van der Waals surface area contributed by atoms with E-state index >= 15 is 0 Å². The van der Waals surface area contributed by atoms with Gasteiger partial charge in [0.25, 0.3) is 5.91 Å². The van der Waals surface area contributed by atoms with Crippen molar-refractivity contribution in [3.05, 3.63) is 30.2 Å². The van der Waals surface area contributed by atoms with Gasteiger partial charge in [-0.3, -0.25) is 9.59 Å². The number of hydrogen-bond donors (Lipinski definition) is 0. The Balaban J connectivity index is 1.51. The van der Waals surface area contributed by atoms with Gasteiger partial charge in [0.05, 0.1) is 5.41 Å². The van der Waals surface area contributed by atoms with Crippen LogP contribution in [0.3, 0.4) is 0 Å². The Kier molecular flexibility index (Phi) is 3.51. The third kappa shape index (κ3) is 2.27. The Morgan fingerprint density at radius 2 is 2.33 bits per heavy atom. The first-order valence-corrected chi connectivity index (χ1v) is 8.71. The average molecular weight is 329 g/mol. The van der Waals surface area contributed by atoms with Crippen molar-refractivity contribution in [2.45, 2.75) is 32.1 Å². The van der Waals surface area contributed by atoms with Crippen LogP contribution in [-0.4, -0.2) is 52.9 Å². The Hall–Kier alpha value is -2.11. The molecule has 2 aliphatic heterocycles. The molecule has 0 unspecified atom stereocenters. The lowest BCUT2D eigenvalue weighted by Gasteiger charge is -2.26. The Bertz CT molecular complexity index is 693. The quantitative estimate of drug-likeness (QED) is 0.793. The Morgan fingerprint density at radius 3 is 3.04 bits per heavy atom. The van der Waals surface area contributed by atoms with E-state index in [2.05, 4.69) is 18.7 Å². The summed E-state index contributed by atoms with van der Waals surface area (Å²) in [4.78, 5) is 29.2. The van der Waals surface area contributed by atoms with Gasteiger partial charge in [-0.2, -0.15) is 0 Å². The summed E-state index contributed by atoms with van der Waals surface area (Å²) in [5.41, 5.74) is -0.0728. The lowest BCUT2D eigenvalue weighted by Crippen LogP contribution is -2.40. The van der Waals surface area contributed by atoms with Gasteiger partial charge in [0.15, 0.2) is 5.69 Å². The highest BCUT2D eigenvalue weighted by Crippen LogP contribution is 2.45. The molecule has 1 aliphatic carbocycles. The van der Waals surface area contributed by atoms with E-state index in [1.165, 1.54) is 0 Å². The molecule has 3 aliphatic rings. The second kappa shape index (κ2) is 5.46.